The molecule has 0 aromatic rings. The predicted molar refractivity (Wildman–Crippen MR) is 70.4 cm³/mol. The van der Waals surface area contributed by atoms with Gasteiger partial charge in [-0.05, 0) is 6.92 Å². The van der Waals surface area contributed by atoms with E-state index in [1.807, 2.05) is 0 Å². The third kappa shape index (κ3) is 4.09. The SMILES string of the molecule is CCOC(=O)N1C(OC(C)=O)[C@H](OC(C)=O)C[C@H]1C(=O)OC. The molecule has 9 nitrogen and oxygen atoms in total. The summed E-state index contributed by atoms with van der Waals surface area (Å²) in [4.78, 5) is 47.2. The molecule has 1 aliphatic rings. The van der Waals surface area contributed by atoms with Crippen molar-refractivity contribution in [1.82, 2.24) is 4.90 Å². The molecule has 0 saturated carbocycles. The summed E-state index contributed by atoms with van der Waals surface area (Å²) < 4.78 is 19.6. The van der Waals surface area contributed by atoms with Gasteiger partial charge in [-0.2, -0.15) is 0 Å². The second kappa shape index (κ2) is 7.62. The van der Waals surface area contributed by atoms with Gasteiger partial charge in [0.2, 0.25) is 6.23 Å². The molecule has 1 fully saturated rings. The minimum absolute atomic E-state index is 0.0526. The van der Waals surface area contributed by atoms with Gasteiger partial charge in [-0.15, -0.1) is 0 Å². The van der Waals surface area contributed by atoms with Crippen molar-refractivity contribution in [2.75, 3.05) is 13.7 Å². The lowest BCUT2D eigenvalue weighted by Crippen LogP contribution is -2.49. The van der Waals surface area contributed by atoms with Gasteiger partial charge in [0.25, 0.3) is 0 Å². The molecule has 0 aliphatic carbocycles. The van der Waals surface area contributed by atoms with Crippen LogP contribution in [0.3, 0.4) is 0 Å². The van der Waals surface area contributed by atoms with Gasteiger partial charge in [-0.1, -0.05) is 0 Å². The zero-order chi connectivity index (χ0) is 16.9. The van der Waals surface area contributed by atoms with Crippen LogP contribution in [0.15, 0.2) is 0 Å². The third-order valence-electron chi connectivity index (χ3n) is 2.94. The van der Waals surface area contributed by atoms with Gasteiger partial charge in [0, 0.05) is 20.3 Å². The number of carbonyl (C=O) groups excluding carboxylic acids is 4. The Kier molecular flexibility index (Phi) is 6.14. The first kappa shape index (κ1) is 17.7. The number of ether oxygens (including phenoxy) is 4. The molecule has 1 rings (SSSR count). The Hall–Kier alpha value is -2.32. The van der Waals surface area contributed by atoms with Crippen molar-refractivity contribution >= 4 is 24.0 Å². The molecule has 0 spiro atoms. The zero-order valence-electron chi connectivity index (χ0n) is 12.9. The molecule has 9 heteroatoms. The smallest absolute Gasteiger partial charge is 0.413 e. The van der Waals surface area contributed by atoms with E-state index in [1.165, 1.54) is 6.92 Å². The highest BCUT2D eigenvalue weighted by molar-refractivity contribution is 5.83. The third-order valence-corrected chi connectivity index (χ3v) is 2.94. The normalized spacial score (nSPS) is 23.6. The van der Waals surface area contributed by atoms with Crippen molar-refractivity contribution in [3.63, 3.8) is 0 Å². The van der Waals surface area contributed by atoms with Crippen LogP contribution in [0.4, 0.5) is 4.79 Å². The summed E-state index contributed by atoms with van der Waals surface area (Å²) in [6.07, 6.45) is -3.14. The van der Waals surface area contributed by atoms with Gasteiger partial charge in [0.1, 0.15) is 6.04 Å². The fourth-order valence-electron chi connectivity index (χ4n) is 2.20. The Labute approximate surface area is 127 Å². The summed E-state index contributed by atoms with van der Waals surface area (Å²) in [5, 5.41) is 0. The van der Waals surface area contributed by atoms with Gasteiger partial charge in [0.05, 0.1) is 13.7 Å². The number of carbonyl (C=O) groups is 4. The molecule has 1 aliphatic heterocycles. The summed E-state index contributed by atoms with van der Waals surface area (Å²) in [7, 11) is 1.16. The molecule has 0 N–H and O–H groups in total. The molecule has 1 unspecified atom stereocenters. The van der Waals surface area contributed by atoms with Crippen LogP contribution in [-0.4, -0.2) is 61.0 Å². The van der Waals surface area contributed by atoms with Gasteiger partial charge in [0.15, 0.2) is 6.10 Å². The second-order valence-electron chi connectivity index (χ2n) is 4.53. The Morgan fingerprint density at radius 2 is 1.68 bits per heavy atom. The largest absolute Gasteiger partial charge is 0.467 e. The Morgan fingerprint density at radius 1 is 1.09 bits per heavy atom. The first-order valence-corrected chi connectivity index (χ1v) is 6.69. The van der Waals surface area contributed by atoms with Crippen LogP contribution < -0.4 is 0 Å². The molecular weight excluding hydrogens is 298 g/mol. The lowest BCUT2D eigenvalue weighted by Gasteiger charge is -2.28. The lowest BCUT2D eigenvalue weighted by atomic mass is 10.2. The monoisotopic (exact) mass is 317 g/mol. The second-order valence-corrected chi connectivity index (χ2v) is 4.53. The summed E-state index contributed by atoms with van der Waals surface area (Å²) >= 11 is 0. The molecule has 0 bridgehead atoms. The number of hydrogen-bond donors (Lipinski definition) is 0. The lowest BCUT2D eigenvalue weighted by molar-refractivity contribution is -0.172. The minimum atomic E-state index is -1.25. The molecule has 0 aromatic carbocycles. The number of esters is 3. The number of amides is 1. The fourth-order valence-corrected chi connectivity index (χ4v) is 2.20. The van der Waals surface area contributed by atoms with Gasteiger partial charge < -0.3 is 18.9 Å². The molecule has 0 aromatic heterocycles. The summed E-state index contributed by atoms with van der Waals surface area (Å²) in [6.45, 7) is 3.96. The minimum Gasteiger partial charge on any atom is -0.467 e. The highest BCUT2D eigenvalue weighted by Gasteiger charge is 2.52. The average Bonchev–Trinajstić information content (AvgIpc) is 2.75. The van der Waals surface area contributed by atoms with Crippen LogP contribution in [0.25, 0.3) is 0 Å². The van der Waals surface area contributed by atoms with Crippen LogP contribution in [0.1, 0.15) is 27.2 Å². The van der Waals surface area contributed by atoms with E-state index < -0.39 is 42.4 Å². The van der Waals surface area contributed by atoms with E-state index in [2.05, 4.69) is 4.74 Å². The zero-order valence-corrected chi connectivity index (χ0v) is 12.9. The van der Waals surface area contributed by atoms with E-state index in [9.17, 15) is 19.2 Å². The number of likely N-dealkylation sites (tertiary alicyclic amines) is 1. The number of methoxy groups -OCH3 is 1. The molecule has 0 radical (unpaired) electrons. The first-order chi connectivity index (χ1) is 10.3. The highest BCUT2D eigenvalue weighted by Crippen LogP contribution is 2.30. The van der Waals surface area contributed by atoms with Crippen LogP contribution in [0.5, 0.6) is 0 Å². The van der Waals surface area contributed by atoms with Crippen molar-refractivity contribution in [1.29, 1.82) is 0 Å². The molecule has 124 valence electrons. The van der Waals surface area contributed by atoms with E-state index in [-0.39, 0.29) is 13.0 Å². The van der Waals surface area contributed by atoms with Crippen molar-refractivity contribution in [3.8, 4) is 0 Å². The van der Waals surface area contributed by atoms with Crippen molar-refractivity contribution in [2.45, 2.75) is 45.6 Å². The predicted octanol–water partition coefficient (Wildman–Crippen LogP) is 0.211. The van der Waals surface area contributed by atoms with Crippen LogP contribution in [-0.2, 0) is 33.3 Å². The average molecular weight is 317 g/mol. The summed E-state index contributed by atoms with van der Waals surface area (Å²) in [5.41, 5.74) is 0. The van der Waals surface area contributed by atoms with Crippen molar-refractivity contribution in [3.05, 3.63) is 0 Å². The molecule has 1 amide bonds. The fraction of sp³-hybridized carbons (Fsp3) is 0.692. The van der Waals surface area contributed by atoms with E-state index in [0.29, 0.717) is 0 Å². The quantitative estimate of drug-likeness (QED) is 0.535. The van der Waals surface area contributed by atoms with E-state index in [0.717, 1.165) is 18.9 Å². The van der Waals surface area contributed by atoms with E-state index in [1.54, 1.807) is 6.92 Å². The van der Waals surface area contributed by atoms with Crippen LogP contribution in [0.2, 0.25) is 0 Å². The van der Waals surface area contributed by atoms with Crippen molar-refractivity contribution in [2.24, 2.45) is 0 Å². The number of nitrogens with zero attached hydrogens (tertiary/aromatic N) is 1. The number of hydrogen-bond acceptors (Lipinski definition) is 8. The van der Waals surface area contributed by atoms with E-state index >= 15 is 0 Å². The topological polar surface area (TPSA) is 108 Å². The van der Waals surface area contributed by atoms with Gasteiger partial charge in [-0.25, -0.2) is 9.59 Å². The Morgan fingerprint density at radius 3 is 2.14 bits per heavy atom. The maximum atomic E-state index is 12.1. The van der Waals surface area contributed by atoms with Gasteiger partial charge in [-0.3, -0.25) is 14.5 Å². The first-order valence-electron chi connectivity index (χ1n) is 6.69. The standard InChI is InChI=1S/C13H19NO8/c1-5-20-13(18)14-9(12(17)19-4)6-10(21-7(2)15)11(14)22-8(3)16/h9-11H,5-6H2,1-4H3/t9-,10+,11?/m0/s1. The van der Waals surface area contributed by atoms with Crippen molar-refractivity contribution < 1.29 is 38.1 Å². The number of rotatable bonds is 4. The van der Waals surface area contributed by atoms with E-state index in [4.69, 9.17) is 14.2 Å². The molecule has 1 heterocycles. The van der Waals surface area contributed by atoms with Gasteiger partial charge >= 0.3 is 24.0 Å². The van der Waals surface area contributed by atoms with Crippen LogP contribution in [0, 0.1) is 0 Å². The van der Waals surface area contributed by atoms with Crippen LogP contribution >= 0.6 is 0 Å². The summed E-state index contributed by atoms with van der Waals surface area (Å²) in [6, 6.07) is -1.07. The molecule has 1 saturated heterocycles. The Balaban J connectivity index is 3.12. The summed E-state index contributed by atoms with van der Waals surface area (Å²) in [5.74, 6) is -2.04. The molecular formula is C13H19NO8. The maximum Gasteiger partial charge on any atom is 0.413 e. The Bertz CT molecular complexity index is 463. The highest BCUT2D eigenvalue weighted by atomic mass is 16.6. The maximum absolute atomic E-state index is 12.1. The molecule has 3 atom stereocenters. The molecule has 22 heavy (non-hydrogen) atoms.